The van der Waals surface area contributed by atoms with Crippen molar-refractivity contribution in [3.63, 3.8) is 0 Å². The number of likely N-dealkylation sites (tertiary alicyclic amines) is 1. The van der Waals surface area contributed by atoms with Gasteiger partial charge in [0.1, 0.15) is 59.0 Å². The summed E-state index contributed by atoms with van der Waals surface area (Å²) in [6.07, 6.45) is -1.85. The van der Waals surface area contributed by atoms with Gasteiger partial charge in [-0.1, -0.05) is 17.7 Å². The number of nitrogens with one attached hydrogen (secondary N) is 1. The maximum Gasteiger partial charge on any atom is 0.433 e. The molecule has 0 radical (unpaired) electrons. The average Bonchev–Trinajstić information content (AvgIpc) is 4.04. The van der Waals surface area contributed by atoms with Gasteiger partial charge in [0.2, 0.25) is 5.88 Å². The largest absolute Gasteiger partial charge is 0.476 e. The summed E-state index contributed by atoms with van der Waals surface area (Å²) in [7, 11) is 0. The molecule has 2 amide bonds. The molecule has 5 aromatic rings. The lowest BCUT2D eigenvalue weighted by molar-refractivity contribution is -0.141. The van der Waals surface area contributed by atoms with Gasteiger partial charge in [0.05, 0.1) is 32.9 Å². The van der Waals surface area contributed by atoms with Crippen LogP contribution >= 0.6 is 22.9 Å². The monoisotopic (exact) mass is 1010 g/mol. The molecule has 4 atom stereocenters. The van der Waals surface area contributed by atoms with Crippen molar-refractivity contribution in [3.05, 3.63) is 58.5 Å². The first kappa shape index (κ1) is 50.5. The molecule has 0 bridgehead atoms. The fourth-order valence-corrected chi connectivity index (χ4v) is 11.2. The average molecular weight is 1010 g/mol. The molecular weight excluding hydrogens is 961 g/mol. The first-order valence-corrected chi connectivity index (χ1v) is 24.1. The Kier molecular flexibility index (Phi) is 13.8. The molecule has 0 saturated carbocycles. The van der Waals surface area contributed by atoms with E-state index < -0.39 is 52.4 Å². The van der Waals surface area contributed by atoms with Crippen molar-refractivity contribution in [3.8, 4) is 29.1 Å². The fourth-order valence-electron chi connectivity index (χ4n) is 9.86. The molecule has 3 saturated heterocycles. The van der Waals surface area contributed by atoms with E-state index in [4.69, 9.17) is 35.5 Å². The second-order valence-corrected chi connectivity index (χ2v) is 21.2. The van der Waals surface area contributed by atoms with E-state index in [-0.39, 0.29) is 96.8 Å². The first-order chi connectivity index (χ1) is 32.9. The van der Waals surface area contributed by atoms with Gasteiger partial charge in [0.25, 0.3) is 0 Å². The third-order valence-corrected chi connectivity index (χ3v) is 14.3. The fraction of sp³-hybridized carbons (Fsp3) is 0.521. The summed E-state index contributed by atoms with van der Waals surface area (Å²) in [5.74, 6) is -1.54. The molecule has 22 heteroatoms. The molecule has 2 aromatic carbocycles. The Morgan fingerprint density at radius 3 is 2.44 bits per heavy atom. The number of benzene rings is 2. The van der Waals surface area contributed by atoms with Crippen LogP contribution in [0.5, 0.6) is 11.9 Å². The summed E-state index contributed by atoms with van der Waals surface area (Å²) in [4.78, 5) is 48.9. The van der Waals surface area contributed by atoms with Crippen LogP contribution in [0.1, 0.15) is 98.8 Å². The number of amides is 2. The number of aromatic nitrogens is 4. The number of nitriles is 1. The number of carbonyl (C=O) groups excluding carboxylic acids is 2. The number of hydrogen-bond acceptors (Lipinski definition) is 14. The number of anilines is 2. The highest BCUT2D eigenvalue weighted by Gasteiger charge is 2.50. The molecule has 0 aliphatic carbocycles. The van der Waals surface area contributed by atoms with Gasteiger partial charge in [-0.3, -0.25) is 10.2 Å². The van der Waals surface area contributed by atoms with Crippen LogP contribution in [0.4, 0.5) is 42.4 Å². The van der Waals surface area contributed by atoms with E-state index in [1.54, 1.807) is 46.4 Å². The topological polar surface area (TPSA) is 168 Å². The molecule has 374 valence electrons. The molecule has 2 unspecified atom stereocenters. The molecular formula is C48H53ClF5N9O6S. The number of carbonyl (C=O) groups is 2. The van der Waals surface area contributed by atoms with Crippen molar-refractivity contribution >= 4 is 66.9 Å². The molecule has 3 fully saturated rings. The summed E-state index contributed by atoms with van der Waals surface area (Å²) in [6, 6.07) is 5.73. The summed E-state index contributed by atoms with van der Waals surface area (Å²) in [6.45, 7) is 15.7. The zero-order chi connectivity index (χ0) is 50.7. The molecule has 15 nitrogen and oxygen atoms in total. The summed E-state index contributed by atoms with van der Waals surface area (Å²) < 4.78 is 97.0. The number of nitrogens with zero attached hydrogens (tertiary/aromatic N) is 8. The van der Waals surface area contributed by atoms with Crippen molar-refractivity contribution in [2.24, 2.45) is 0 Å². The van der Waals surface area contributed by atoms with Gasteiger partial charge in [-0.05, 0) is 112 Å². The Morgan fingerprint density at radius 2 is 1.76 bits per heavy atom. The minimum Gasteiger partial charge on any atom is -0.476 e. The SMILES string of the molecule is CCN(c1nc(OCC23CCCN2C(COc2cc(C(F)(F)F)ncn2)CC3)nc2c(F)c(-c3ccc(F)c4sc(NC(=O)OC(C)(C)C)c(C#N)c34)c(Cl)cc12)[C@@H]1CCN(C(=O)OC(C)(C)C)[C@@H]1C. The lowest BCUT2D eigenvalue weighted by atomic mass is 9.95. The van der Waals surface area contributed by atoms with Gasteiger partial charge in [-0.15, -0.1) is 11.3 Å². The Labute approximate surface area is 410 Å². The van der Waals surface area contributed by atoms with Gasteiger partial charge in [-0.2, -0.15) is 28.4 Å². The van der Waals surface area contributed by atoms with Crippen LogP contribution in [-0.4, -0.2) is 110 Å². The Hall–Kier alpha value is -5.85. The molecule has 3 aliphatic heterocycles. The van der Waals surface area contributed by atoms with Crippen molar-refractivity contribution in [1.29, 1.82) is 5.26 Å². The second kappa shape index (κ2) is 19.1. The van der Waals surface area contributed by atoms with E-state index in [1.807, 2.05) is 24.8 Å². The normalized spacial score (nSPS) is 20.7. The molecule has 0 spiro atoms. The number of hydrogen-bond donors (Lipinski definition) is 1. The standard InChI is InChI=1S/C48H53ClF5N9O6S/c1-9-61(32-14-18-62(25(32)2)44(65)69-46(6,7)8)40-28-19-30(49)36(27-11-12-31(50)39-35(27)29(21-55)41(70-39)60-43(64)68-45(3,4)5)37(51)38(28)58-42(59-40)67-23-47-15-10-17-63(47)26(13-16-47)22-66-34-20-33(48(52,53)54)56-24-57-34/h11-12,19-20,24-26,32H,9-10,13-18,22-23H2,1-8H3,(H,60,64)/t25-,26?,32-,47?/m1/s1. The lowest BCUT2D eigenvalue weighted by Crippen LogP contribution is -2.48. The van der Waals surface area contributed by atoms with Gasteiger partial charge >= 0.3 is 24.4 Å². The van der Waals surface area contributed by atoms with Crippen LogP contribution in [-0.2, 0) is 15.7 Å². The number of rotatable bonds is 11. The van der Waals surface area contributed by atoms with E-state index in [0.717, 1.165) is 42.6 Å². The summed E-state index contributed by atoms with van der Waals surface area (Å²) in [5, 5.41) is 13.1. The van der Waals surface area contributed by atoms with E-state index in [1.165, 1.54) is 12.1 Å². The van der Waals surface area contributed by atoms with E-state index in [2.05, 4.69) is 25.2 Å². The van der Waals surface area contributed by atoms with Crippen molar-refractivity contribution in [2.75, 3.05) is 43.1 Å². The predicted octanol–water partition coefficient (Wildman–Crippen LogP) is 11.1. The van der Waals surface area contributed by atoms with Crippen LogP contribution in [0, 0.1) is 23.0 Å². The number of fused-ring (bicyclic) bond motifs is 3. The lowest BCUT2D eigenvalue weighted by Gasteiger charge is -2.35. The van der Waals surface area contributed by atoms with Gasteiger partial charge in [0.15, 0.2) is 11.5 Å². The van der Waals surface area contributed by atoms with Crippen molar-refractivity contribution in [1.82, 2.24) is 29.7 Å². The molecule has 3 aliphatic rings. The number of alkyl halides is 3. The van der Waals surface area contributed by atoms with Crippen LogP contribution < -0.4 is 19.7 Å². The maximum absolute atomic E-state index is 17.8. The number of ether oxygens (including phenoxy) is 4. The third-order valence-electron chi connectivity index (χ3n) is 12.8. The van der Waals surface area contributed by atoms with Gasteiger partial charge < -0.3 is 28.7 Å². The first-order valence-electron chi connectivity index (χ1n) is 22.9. The van der Waals surface area contributed by atoms with Crippen LogP contribution in [0.3, 0.4) is 0 Å². The van der Waals surface area contributed by atoms with Gasteiger partial charge in [0, 0.05) is 41.5 Å². The highest BCUT2D eigenvalue weighted by molar-refractivity contribution is 7.23. The molecule has 6 heterocycles. The minimum absolute atomic E-state index is 0.00826. The Balaban J connectivity index is 1.18. The molecule has 3 aromatic heterocycles. The quantitative estimate of drug-likeness (QED) is 0.124. The summed E-state index contributed by atoms with van der Waals surface area (Å²) in [5.41, 5.74) is -3.70. The maximum atomic E-state index is 17.8. The van der Waals surface area contributed by atoms with E-state index >= 15 is 8.78 Å². The molecule has 8 rings (SSSR count). The number of thiophene rings is 1. The highest BCUT2D eigenvalue weighted by Crippen LogP contribution is 2.48. The Bertz CT molecular complexity index is 2890. The van der Waals surface area contributed by atoms with Crippen LogP contribution in [0.2, 0.25) is 5.02 Å². The zero-order valence-electron chi connectivity index (χ0n) is 39.9. The Morgan fingerprint density at radius 1 is 1.01 bits per heavy atom. The molecule has 70 heavy (non-hydrogen) atoms. The number of halogens is 6. The number of likely N-dealkylation sites (N-methyl/N-ethyl adjacent to an activating group) is 1. The van der Waals surface area contributed by atoms with E-state index in [0.29, 0.717) is 38.9 Å². The second-order valence-electron chi connectivity index (χ2n) is 19.7. The van der Waals surface area contributed by atoms with Gasteiger partial charge in [-0.25, -0.2) is 28.3 Å². The van der Waals surface area contributed by atoms with Crippen molar-refractivity contribution in [2.45, 2.75) is 129 Å². The smallest absolute Gasteiger partial charge is 0.433 e. The molecule has 1 N–H and O–H groups in total. The van der Waals surface area contributed by atoms with Crippen LogP contribution in [0.15, 0.2) is 30.6 Å². The zero-order valence-corrected chi connectivity index (χ0v) is 41.5. The minimum atomic E-state index is -4.66. The van der Waals surface area contributed by atoms with Crippen molar-refractivity contribution < 1.29 is 50.5 Å². The predicted molar refractivity (Wildman–Crippen MR) is 253 cm³/mol. The van der Waals surface area contributed by atoms with Crippen LogP contribution in [0.25, 0.3) is 32.1 Å². The highest BCUT2D eigenvalue weighted by atomic mass is 35.5. The summed E-state index contributed by atoms with van der Waals surface area (Å²) >= 11 is 7.87. The third kappa shape index (κ3) is 10.0. The van der Waals surface area contributed by atoms with E-state index in [9.17, 15) is 28.0 Å².